The molecule has 4 nitrogen and oxygen atoms in total. The Balaban J connectivity index is 2.13. The third-order valence-corrected chi connectivity index (χ3v) is 3.98. The number of rotatable bonds is 3. The maximum absolute atomic E-state index is 12.2. The highest BCUT2D eigenvalue weighted by Gasteiger charge is 2.31. The zero-order valence-electron chi connectivity index (χ0n) is 10.8. The van der Waals surface area contributed by atoms with Crippen LogP contribution in [0, 0.1) is 12.8 Å². The molecular formula is C14H18N2O2S. The van der Waals surface area contributed by atoms with E-state index in [1.807, 2.05) is 0 Å². The smallest absolute Gasteiger partial charge is 0.255 e. The van der Waals surface area contributed by atoms with Gasteiger partial charge >= 0.3 is 0 Å². The SMILES string of the molecule is Cc1cccc(C(=O)NC2CCCC2C(N)=S)c1O. The maximum Gasteiger partial charge on any atom is 0.255 e. The monoisotopic (exact) mass is 278 g/mol. The second kappa shape index (κ2) is 5.57. The summed E-state index contributed by atoms with van der Waals surface area (Å²) in [5, 5.41) is 12.8. The molecule has 1 aliphatic carbocycles. The van der Waals surface area contributed by atoms with Gasteiger partial charge in [-0.1, -0.05) is 30.8 Å². The number of carbonyl (C=O) groups is 1. The number of para-hydroxylation sites is 1. The minimum Gasteiger partial charge on any atom is -0.507 e. The molecule has 4 N–H and O–H groups in total. The molecule has 5 heteroatoms. The number of phenols is 1. The van der Waals surface area contributed by atoms with E-state index >= 15 is 0 Å². The number of nitrogens with two attached hydrogens (primary N) is 1. The van der Waals surface area contributed by atoms with Gasteiger partial charge in [-0.15, -0.1) is 0 Å². The molecule has 0 radical (unpaired) electrons. The van der Waals surface area contributed by atoms with Crippen LogP contribution in [0.5, 0.6) is 5.75 Å². The van der Waals surface area contributed by atoms with E-state index in [4.69, 9.17) is 18.0 Å². The van der Waals surface area contributed by atoms with Crippen molar-refractivity contribution in [3.8, 4) is 5.75 Å². The molecule has 1 aliphatic rings. The molecule has 0 aromatic heterocycles. The predicted molar refractivity (Wildman–Crippen MR) is 78.2 cm³/mol. The Morgan fingerprint density at radius 1 is 1.47 bits per heavy atom. The highest BCUT2D eigenvalue weighted by Crippen LogP contribution is 2.27. The Morgan fingerprint density at radius 2 is 2.21 bits per heavy atom. The van der Waals surface area contributed by atoms with Gasteiger partial charge in [0.25, 0.3) is 5.91 Å². The van der Waals surface area contributed by atoms with Crippen LogP contribution in [0.2, 0.25) is 0 Å². The highest BCUT2D eigenvalue weighted by atomic mass is 32.1. The molecule has 0 saturated heterocycles. The van der Waals surface area contributed by atoms with Crippen LogP contribution in [-0.2, 0) is 0 Å². The molecule has 0 aliphatic heterocycles. The minimum atomic E-state index is -0.269. The number of phenolic OH excluding ortho intramolecular Hbond substituents is 1. The van der Waals surface area contributed by atoms with Gasteiger partial charge in [0.1, 0.15) is 5.75 Å². The lowest BCUT2D eigenvalue weighted by Gasteiger charge is -2.20. The molecule has 0 bridgehead atoms. The Hall–Kier alpha value is -1.62. The van der Waals surface area contributed by atoms with Crippen molar-refractivity contribution in [2.24, 2.45) is 11.7 Å². The Bertz CT molecular complexity index is 516. The summed E-state index contributed by atoms with van der Waals surface area (Å²) >= 11 is 5.03. The van der Waals surface area contributed by atoms with E-state index in [2.05, 4.69) is 5.32 Å². The fraction of sp³-hybridized carbons (Fsp3) is 0.429. The van der Waals surface area contributed by atoms with Gasteiger partial charge in [-0.3, -0.25) is 4.79 Å². The van der Waals surface area contributed by atoms with Gasteiger partial charge in [-0.05, 0) is 31.4 Å². The second-order valence-corrected chi connectivity index (χ2v) is 5.46. The van der Waals surface area contributed by atoms with Crippen molar-refractivity contribution in [1.29, 1.82) is 0 Å². The standard InChI is InChI=1S/C14H18N2O2S/c1-8-4-2-6-10(12(8)17)14(18)16-11-7-3-5-9(11)13(15)19/h2,4,6,9,11,17H,3,5,7H2,1H3,(H2,15,19)(H,16,18). The molecule has 0 heterocycles. The maximum atomic E-state index is 12.2. The van der Waals surface area contributed by atoms with E-state index in [0.29, 0.717) is 16.1 Å². The first-order valence-corrected chi connectivity index (χ1v) is 6.80. The van der Waals surface area contributed by atoms with Gasteiger partial charge in [0, 0.05) is 12.0 Å². The summed E-state index contributed by atoms with van der Waals surface area (Å²) in [6.07, 6.45) is 2.80. The summed E-state index contributed by atoms with van der Waals surface area (Å²) in [4.78, 5) is 12.6. The van der Waals surface area contributed by atoms with Gasteiger partial charge in [0.05, 0.1) is 10.6 Å². The highest BCUT2D eigenvalue weighted by molar-refractivity contribution is 7.80. The summed E-state index contributed by atoms with van der Waals surface area (Å²) in [7, 11) is 0. The lowest BCUT2D eigenvalue weighted by molar-refractivity contribution is 0.0931. The summed E-state index contributed by atoms with van der Waals surface area (Å²) in [5.74, 6) is -0.176. The number of aryl methyl sites for hydroxylation is 1. The third kappa shape index (κ3) is 2.87. The van der Waals surface area contributed by atoms with Crippen LogP contribution < -0.4 is 11.1 Å². The topological polar surface area (TPSA) is 75.4 Å². The lowest BCUT2D eigenvalue weighted by Crippen LogP contribution is -2.41. The number of hydrogen-bond donors (Lipinski definition) is 3. The van der Waals surface area contributed by atoms with E-state index in [1.54, 1.807) is 25.1 Å². The van der Waals surface area contributed by atoms with Crippen LogP contribution >= 0.6 is 12.2 Å². The zero-order valence-corrected chi connectivity index (χ0v) is 11.7. The van der Waals surface area contributed by atoms with Gasteiger partial charge in [-0.25, -0.2) is 0 Å². The van der Waals surface area contributed by atoms with Gasteiger partial charge in [0.2, 0.25) is 0 Å². The molecular weight excluding hydrogens is 260 g/mol. The number of hydrogen-bond acceptors (Lipinski definition) is 3. The Labute approximate surface area is 118 Å². The summed E-state index contributed by atoms with van der Waals surface area (Å²) in [6.45, 7) is 1.76. The van der Waals surface area contributed by atoms with E-state index in [-0.39, 0.29) is 23.6 Å². The third-order valence-electron chi connectivity index (χ3n) is 3.68. The quantitative estimate of drug-likeness (QED) is 0.738. The van der Waals surface area contributed by atoms with Gasteiger partial charge in [-0.2, -0.15) is 0 Å². The van der Waals surface area contributed by atoms with Gasteiger partial charge in [0.15, 0.2) is 0 Å². The number of nitrogens with one attached hydrogen (secondary N) is 1. The van der Waals surface area contributed by atoms with E-state index in [0.717, 1.165) is 19.3 Å². The number of benzene rings is 1. The van der Waals surface area contributed by atoms with Crippen molar-refractivity contribution < 1.29 is 9.90 Å². The molecule has 102 valence electrons. The second-order valence-electron chi connectivity index (χ2n) is 4.99. The molecule has 0 spiro atoms. The van der Waals surface area contributed by atoms with E-state index < -0.39 is 0 Å². The molecule has 1 fully saturated rings. The number of aromatic hydroxyl groups is 1. The molecule has 19 heavy (non-hydrogen) atoms. The molecule has 1 aromatic carbocycles. The molecule has 2 atom stereocenters. The first-order chi connectivity index (χ1) is 9.00. The largest absolute Gasteiger partial charge is 0.507 e. The van der Waals surface area contributed by atoms with Crippen LogP contribution in [0.3, 0.4) is 0 Å². The van der Waals surface area contributed by atoms with Crippen molar-refractivity contribution in [3.63, 3.8) is 0 Å². The minimum absolute atomic E-state index is 0.0232. The average molecular weight is 278 g/mol. The van der Waals surface area contributed by atoms with Crippen molar-refractivity contribution in [3.05, 3.63) is 29.3 Å². The summed E-state index contributed by atoms with van der Waals surface area (Å²) in [5.41, 5.74) is 6.67. The average Bonchev–Trinajstić information content (AvgIpc) is 2.80. The molecule has 1 saturated carbocycles. The number of thiocarbonyl (C=S) groups is 1. The Kier molecular flexibility index (Phi) is 4.04. The first-order valence-electron chi connectivity index (χ1n) is 6.39. The van der Waals surface area contributed by atoms with Crippen molar-refractivity contribution in [1.82, 2.24) is 5.32 Å². The molecule has 1 amide bonds. The van der Waals surface area contributed by atoms with Crippen molar-refractivity contribution >= 4 is 23.1 Å². The lowest BCUT2D eigenvalue weighted by atomic mass is 10.0. The number of amides is 1. The fourth-order valence-electron chi connectivity index (χ4n) is 2.56. The van der Waals surface area contributed by atoms with E-state index in [9.17, 15) is 9.90 Å². The van der Waals surface area contributed by atoms with Crippen LogP contribution in [0.4, 0.5) is 0 Å². The predicted octanol–water partition coefficient (Wildman–Crippen LogP) is 1.89. The Morgan fingerprint density at radius 3 is 2.89 bits per heavy atom. The summed E-state index contributed by atoms with van der Waals surface area (Å²) < 4.78 is 0. The molecule has 2 rings (SSSR count). The summed E-state index contributed by atoms with van der Waals surface area (Å²) in [6, 6.07) is 5.11. The van der Waals surface area contributed by atoms with Crippen LogP contribution in [0.15, 0.2) is 18.2 Å². The van der Waals surface area contributed by atoms with Crippen LogP contribution in [0.25, 0.3) is 0 Å². The van der Waals surface area contributed by atoms with Crippen molar-refractivity contribution in [2.45, 2.75) is 32.2 Å². The zero-order chi connectivity index (χ0) is 14.0. The van der Waals surface area contributed by atoms with Crippen LogP contribution in [0.1, 0.15) is 35.2 Å². The first kappa shape index (κ1) is 13.8. The number of carbonyl (C=O) groups excluding carboxylic acids is 1. The van der Waals surface area contributed by atoms with Gasteiger partial charge < -0.3 is 16.2 Å². The fourth-order valence-corrected chi connectivity index (χ4v) is 2.84. The normalized spacial score (nSPS) is 22.2. The molecule has 2 unspecified atom stereocenters. The van der Waals surface area contributed by atoms with Crippen molar-refractivity contribution in [2.75, 3.05) is 0 Å². The van der Waals surface area contributed by atoms with Crippen LogP contribution in [-0.4, -0.2) is 22.0 Å². The molecule has 1 aromatic rings. The van der Waals surface area contributed by atoms with E-state index in [1.165, 1.54) is 0 Å².